The van der Waals surface area contributed by atoms with Crippen LogP contribution in [0.4, 0.5) is 0 Å². The summed E-state index contributed by atoms with van der Waals surface area (Å²) in [7, 11) is 2.35. The molecule has 42 heavy (non-hydrogen) atoms. The molecule has 1 aliphatic carbocycles. The van der Waals surface area contributed by atoms with E-state index < -0.39 is 70.8 Å². The van der Waals surface area contributed by atoms with Crippen molar-refractivity contribution in [2.75, 3.05) is 27.4 Å². The van der Waals surface area contributed by atoms with E-state index in [0.29, 0.717) is 33.8 Å². The largest absolute Gasteiger partial charge is 0.504 e. The normalized spacial score (nSPS) is 17.6. The molecule has 216 valence electrons. The van der Waals surface area contributed by atoms with Crippen molar-refractivity contribution < 1.29 is 48.3 Å². The summed E-state index contributed by atoms with van der Waals surface area (Å²) in [5, 5.41) is 22.5. The topological polar surface area (TPSA) is 146 Å². The van der Waals surface area contributed by atoms with Gasteiger partial charge in [-0.3, -0.25) is 19.2 Å². The number of benzene rings is 2. The van der Waals surface area contributed by atoms with E-state index in [4.69, 9.17) is 18.9 Å². The van der Waals surface area contributed by atoms with E-state index in [1.165, 1.54) is 14.2 Å². The van der Waals surface area contributed by atoms with Gasteiger partial charge in [-0.25, -0.2) is 0 Å². The van der Waals surface area contributed by atoms with Crippen molar-refractivity contribution in [2.24, 2.45) is 11.8 Å². The summed E-state index contributed by atoms with van der Waals surface area (Å²) in [6.45, 7) is -0.0777. The van der Waals surface area contributed by atoms with Crippen LogP contribution in [-0.2, 0) is 28.7 Å². The van der Waals surface area contributed by atoms with Gasteiger partial charge in [0.25, 0.3) is 0 Å². The molecule has 10 heteroatoms. The van der Waals surface area contributed by atoms with E-state index >= 15 is 0 Å². The molecule has 0 spiro atoms. The van der Waals surface area contributed by atoms with Gasteiger partial charge in [0.05, 0.1) is 38.2 Å². The second kappa shape index (κ2) is 11.8. The number of methoxy groups -OCH3 is 2. The van der Waals surface area contributed by atoms with E-state index in [9.17, 15) is 29.4 Å². The van der Waals surface area contributed by atoms with Gasteiger partial charge in [-0.2, -0.15) is 0 Å². The molecule has 2 atom stereocenters. The minimum Gasteiger partial charge on any atom is -0.504 e. The molecule has 0 saturated heterocycles. The molecule has 10 nitrogen and oxygen atoms in total. The Bertz CT molecular complexity index is 1490. The van der Waals surface area contributed by atoms with Crippen molar-refractivity contribution in [1.82, 2.24) is 0 Å². The molecule has 0 unspecified atom stereocenters. The van der Waals surface area contributed by atoms with Crippen LogP contribution in [0.3, 0.4) is 0 Å². The Kier molecular flexibility index (Phi) is 7.97. The Morgan fingerprint density at radius 2 is 1.10 bits per heavy atom. The van der Waals surface area contributed by atoms with Crippen molar-refractivity contribution in [3.05, 3.63) is 93.5 Å². The molecule has 2 aliphatic heterocycles. The molecule has 0 radical (unpaired) electrons. The predicted octanol–water partition coefficient (Wildman–Crippen LogP) is 4.07. The highest BCUT2D eigenvalue weighted by Crippen LogP contribution is 2.41. The van der Waals surface area contributed by atoms with Crippen molar-refractivity contribution in [3.8, 4) is 11.5 Å². The first-order chi connectivity index (χ1) is 20.2. The highest BCUT2D eigenvalue weighted by Gasteiger charge is 2.44. The fourth-order valence-electron chi connectivity index (χ4n) is 5.37. The van der Waals surface area contributed by atoms with E-state index in [-0.39, 0.29) is 13.2 Å². The zero-order valence-corrected chi connectivity index (χ0v) is 22.9. The number of allylic oxidation sites excluding steroid dienone is 2. The summed E-state index contributed by atoms with van der Waals surface area (Å²) in [6.07, 6.45) is 2.61. The van der Waals surface area contributed by atoms with Gasteiger partial charge in [0.1, 0.15) is 24.7 Å². The number of hydrogen-bond donors (Lipinski definition) is 2. The molecule has 0 fully saturated rings. The monoisotopic (exact) mass is 572 g/mol. The summed E-state index contributed by atoms with van der Waals surface area (Å²) in [5.74, 6) is -6.51. The maximum Gasteiger partial charge on any atom is 0.306 e. The lowest BCUT2D eigenvalue weighted by Crippen LogP contribution is -2.35. The SMILES string of the molecule is COC(=O)C[C@@H](C1=Cc2ccccc2OC1)C1=C(O)C(=O)C([C@@H](CC(=O)OC)C2=Cc3ccccc3OC2)=C(O)C1=O. The number of esters is 2. The molecule has 2 heterocycles. The summed E-state index contributed by atoms with van der Waals surface area (Å²) in [4.78, 5) is 52.4. The average molecular weight is 573 g/mol. The number of aliphatic hydroxyl groups is 2. The van der Waals surface area contributed by atoms with Crippen LogP contribution >= 0.6 is 0 Å². The van der Waals surface area contributed by atoms with Crippen molar-refractivity contribution in [1.29, 1.82) is 0 Å². The number of Topliss-reactive ketones (excluding diaryl/α,β-unsaturated/α-hetero) is 2. The Morgan fingerprint density at radius 1 is 0.714 bits per heavy atom. The molecule has 0 amide bonds. The predicted molar refractivity (Wildman–Crippen MR) is 149 cm³/mol. The first-order valence-electron chi connectivity index (χ1n) is 13.2. The standard InChI is InChI=1S/C32H28O10/c1-39-25(33)13-21(19-11-17-7-3-5-9-23(17)41-15-19)27-29(35)31(37)28(32(38)30(27)36)22(14-26(34)40-2)20-12-18-8-4-6-10-24(18)42-16-20/h3-12,21-22,35,38H,13-16H2,1-2H3/t21-,22-/m0/s1. The molecule has 2 aromatic carbocycles. The maximum atomic E-state index is 13.8. The lowest BCUT2D eigenvalue weighted by molar-refractivity contribution is -0.142. The van der Waals surface area contributed by atoms with Crippen LogP contribution in [0.15, 0.2) is 82.3 Å². The number of aliphatic hydroxyl groups excluding tert-OH is 2. The molecule has 3 aliphatic rings. The fourth-order valence-corrected chi connectivity index (χ4v) is 5.37. The van der Waals surface area contributed by atoms with Gasteiger partial charge < -0.3 is 29.2 Å². The first kappa shape index (κ1) is 28.4. The molecule has 0 aromatic heterocycles. The van der Waals surface area contributed by atoms with E-state index in [1.54, 1.807) is 60.7 Å². The highest BCUT2D eigenvalue weighted by molar-refractivity contribution is 6.24. The van der Waals surface area contributed by atoms with Crippen LogP contribution in [0.2, 0.25) is 0 Å². The van der Waals surface area contributed by atoms with Crippen LogP contribution in [-0.4, -0.2) is 61.2 Å². The second-order valence-corrected chi connectivity index (χ2v) is 9.94. The van der Waals surface area contributed by atoms with E-state index in [2.05, 4.69) is 0 Å². The summed E-state index contributed by atoms with van der Waals surface area (Å²) < 4.78 is 21.3. The zero-order valence-electron chi connectivity index (χ0n) is 22.9. The van der Waals surface area contributed by atoms with Crippen molar-refractivity contribution in [2.45, 2.75) is 12.8 Å². The Morgan fingerprint density at radius 3 is 1.48 bits per heavy atom. The quantitative estimate of drug-likeness (QED) is 0.351. The number of hydrogen-bond acceptors (Lipinski definition) is 10. The summed E-state index contributed by atoms with van der Waals surface area (Å²) >= 11 is 0. The molecule has 2 aromatic rings. The number of para-hydroxylation sites is 2. The Hall–Kier alpha value is -5.12. The lowest BCUT2D eigenvalue weighted by Gasteiger charge is -2.31. The van der Waals surface area contributed by atoms with Gasteiger partial charge in [0.2, 0.25) is 11.6 Å². The van der Waals surface area contributed by atoms with Crippen LogP contribution in [0.25, 0.3) is 12.2 Å². The summed E-state index contributed by atoms with van der Waals surface area (Å²) in [6, 6.07) is 14.2. The molecule has 2 N–H and O–H groups in total. The van der Waals surface area contributed by atoms with Crippen LogP contribution in [0, 0.1) is 11.8 Å². The van der Waals surface area contributed by atoms with E-state index in [1.807, 2.05) is 0 Å². The summed E-state index contributed by atoms with van der Waals surface area (Å²) in [5.41, 5.74) is 1.26. The fraction of sp³-hybridized carbons (Fsp3) is 0.250. The molecular weight excluding hydrogens is 544 g/mol. The van der Waals surface area contributed by atoms with E-state index in [0.717, 1.165) is 0 Å². The zero-order chi connectivity index (χ0) is 30.0. The highest BCUT2D eigenvalue weighted by atomic mass is 16.5. The van der Waals surface area contributed by atoms with Crippen LogP contribution < -0.4 is 9.47 Å². The van der Waals surface area contributed by atoms with Gasteiger partial charge in [0.15, 0.2) is 11.5 Å². The van der Waals surface area contributed by atoms with Crippen molar-refractivity contribution >= 4 is 35.7 Å². The Balaban J connectivity index is 1.58. The van der Waals surface area contributed by atoms with Crippen molar-refractivity contribution in [3.63, 3.8) is 0 Å². The van der Waals surface area contributed by atoms with Crippen LogP contribution in [0.1, 0.15) is 24.0 Å². The number of fused-ring (bicyclic) bond motifs is 2. The number of carbonyl (C=O) groups excluding carboxylic acids is 4. The molecule has 0 bridgehead atoms. The maximum absolute atomic E-state index is 13.8. The van der Waals surface area contributed by atoms with Gasteiger partial charge in [0, 0.05) is 23.0 Å². The van der Waals surface area contributed by atoms with Gasteiger partial charge in [-0.15, -0.1) is 0 Å². The molecular formula is C32H28O10. The number of ether oxygens (including phenoxy) is 4. The minimum absolute atomic E-state index is 0.0388. The van der Waals surface area contributed by atoms with Gasteiger partial charge >= 0.3 is 11.9 Å². The number of rotatable bonds is 8. The molecule has 5 rings (SSSR count). The number of ketones is 2. The van der Waals surface area contributed by atoms with Gasteiger partial charge in [-0.05, 0) is 35.4 Å². The average Bonchev–Trinajstić information content (AvgIpc) is 3.02. The second-order valence-electron chi connectivity index (χ2n) is 9.94. The van der Waals surface area contributed by atoms with Crippen LogP contribution in [0.5, 0.6) is 11.5 Å². The smallest absolute Gasteiger partial charge is 0.306 e. The third-order valence-corrected chi connectivity index (χ3v) is 7.53. The van der Waals surface area contributed by atoms with Gasteiger partial charge in [-0.1, -0.05) is 36.4 Å². The molecule has 0 saturated carbocycles. The Labute approximate surface area is 241 Å². The third-order valence-electron chi connectivity index (χ3n) is 7.53. The number of carbonyl (C=O) groups is 4. The lowest BCUT2D eigenvalue weighted by atomic mass is 9.75. The third kappa shape index (κ3) is 5.30. The minimum atomic E-state index is -1.14. The first-order valence-corrected chi connectivity index (χ1v) is 13.2.